The van der Waals surface area contributed by atoms with Crippen LogP contribution in [0, 0.1) is 0 Å². The van der Waals surface area contributed by atoms with E-state index >= 15 is 0 Å². The second-order valence-electron chi connectivity index (χ2n) is 3.55. The average Bonchev–Trinajstić information content (AvgIpc) is 2.56. The van der Waals surface area contributed by atoms with Gasteiger partial charge in [0, 0.05) is 24.8 Å². The Morgan fingerprint density at radius 1 is 1.38 bits per heavy atom. The van der Waals surface area contributed by atoms with Gasteiger partial charge in [-0.3, -0.25) is 0 Å². The fourth-order valence-electron chi connectivity index (χ4n) is 1.77. The van der Waals surface area contributed by atoms with Crippen LogP contribution in [0.5, 0.6) is 0 Å². The molecule has 1 heterocycles. The first-order chi connectivity index (χ1) is 6.17. The van der Waals surface area contributed by atoms with E-state index in [4.69, 9.17) is 0 Å². The van der Waals surface area contributed by atoms with Crippen molar-refractivity contribution in [1.29, 1.82) is 0 Å². The Kier molecular flexibility index (Phi) is 2.06. The van der Waals surface area contributed by atoms with Crippen LogP contribution >= 0.6 is 0 Å². The first kappa shape index (κ1) is 8.66. The maximum Gasteiger partial charge on any atom is 0.248 e. The van der Waals surface area contributed by atoms with Crippen LogP contribution in [0.3, 0.4) is 0 Å². The van der Waals surface area contributed by atoms with E-state index in [9.17, 15) is 8.78 Å². The lowest BCUT2D eigenvalue weighted by atomic mass is 9.85. The van der Waals surface area contributed by atoms with Gasteiger partial charge in [-0.1, -0.05) is 5.16 Å². The number of alkyl halides is 2. The third-order valence-electron chi connectivity index (χ3n) is 2.59. The Balaban J connectivity index is 1.99. The third kappa shape index (κ3) is 1.87. The van der Waals surface area contributed by atoms with Crippen LogP contribution in [-0.4, -0.2) is 11.1 Å². The summed E-state index contributed by atoms with van der Waals surface area (Å²) in [6, 6.07) is 1.76. The summed E-state index contributed by atoms with van der Waals surface area (Å²) in [6.45, 7) is 0. The van der Waals surface area contributed by atoms with E-state index in [1.165, 1.54) is 6.26 Å². The summed E-state index contributed by atoms with van der Waals surface area (Å²) >= 11 is 0. The molecular weight excluding hydrogens is 176 g/mol. The molecule has 1 saturated carbocycles. The fraction of sp³-hybridized carbons (Fsp3) is 0.667. The SMILES string of the molecule is FC1(F)CCC(c2ccon2)CC1. The standard InChI is InChI=1S/C9H11F2NO/c10-9(11)4-1-7(2-5-9)8-3-6-13-12-8/h3,6-7H,1-2,4-5H2. The summed E-state index contributed by atoms with van der Waals surface area (Å²) in [5, 5.41) is 3.77. The lowest BCUT2D eigenvalue weighted by Gasteiger charge is -2.26. The Labute approximate surface area is 74.9 Å². The minimum atomic E-state index is -2.46. The van der Waals surface area contributed by atoms with E-state index in [0.717, 1.165) is 5.69 Å². The van der Waals surface area contributed by atoms with Crippen LogP contribution in [0.4, 0.5) is 8.78 Å². The van der Waals surface area contributed by atoms with Gasteiger partial charge in [0.1, 0.15) is 6.26 Å². The van der Waals surface area contributed by atoms with Gasteiger partial charge in [-0.15, -0.1) is 0 Å². The van der Waals surface area contributed by atoms with Crippen molar-refractivity contribution in [3.8, 4) is 0 Å². The molecule has 0 unspecified atom stereocenters. The smallest absolute Gasteiger partial charge is 0.248 e. The second kappa shape index (κ2) is 3.09. The third-order valence-corrected chi connectivity index (χ3v) is 2.59. The van der Waals surface area contributed by atoms with Crippen LogP contribution in [0.2, 0.25) is 0 Å². The number of hydrogen-bond acceptors (Lipinski definition) is 2. The molecule has 0 bridgehead atoms. The van der Waals surface area contributed by atoms with E-state index in [1.807, 2.05) is 0 Å². The van der Waals surface area contributed by atoms with Crippen LogP contribution < -0.4 is 0 Å². The van der Waals surface area contributed by atoms with E-state index < -0.39 is 5.92 Å². The number of rotatable bonds is 1. The zero-order chi connectivity index (χ0) is 9.31. The predicted molar refractivity (Wildman–Crippen MR) is 42.7 cm³/mol. The van der Waals surface area contributed by atoms with E-state index in [2.05, 4.69) is 9.68 Å². The summed E-state index contributed by atoms with van der Waals surface area (Å²) < 4.78 is 30.2. The van der Waals surface area contributed by atoms with Gasteiger partial charge in [0.25, 0.3) is 0 Å². The number of aromatic nitrogens is 1. The maximum absolute atomic E-state index is 12.8. The molecule has 1 fully saturated rings. The number of nitrogens with zero attached hydrogens (tertiary/aromatic N) is 1. The molecule has 0 amide bonds. The molecule has 0 saturated heterocycles. The first-order valence-electron chi connectivity index (χ1n) is 4.45. The Morgan fingerprint density at radius 2 is 2.08 bits per heavy atom. The molecule has 2 rings (SSSR count). The molecule has 1 aromatic rings. The number of halogens is 2. The molecule has 1 aromatic heterocycles. The molecular formula is C9H11F2NO. The molecule has 1 aliphatic rings. The van der Waals surface area contributed by atoms with Gasteiger partial charge < -0.3 is 4.52 Å². The van der Waals surface area contributed by atoms with Gasteiger partial charge >= 0.3 is 0 Å². The molecule has 0 aromatic carbocycles. The molecule has 0 radical (unpaired) electrons. The highest BCUT2D eigenvalue weighted by molar-refractivity contribution is 5.05. The summed E-state index contributed by atoms with van der Waals surface area (Å²) in [6.07, 6.45) is 2.47. The van der Waals surface area contributed by atoms with Crippen molar-refractivity contribution >= 4 is 0 Å². The van der Waals surface area contributed by atoms with E-state index in [0.29, 0.717) is 12.8 Å². The highest BCUT2D eigenvalue weighted by Gasteiger charge is 2.35. The quantitative estimate of drug-likeness (QED) is 0.675. The molecule has 1 aliphatic carbocycles. The molecule has 0 aliphatic heterocycles. The van der Waals surface area contributed by atoms with Gasteiger partial charge in [0.05, 0.1) is 5.69 Å². The van der Waals surface area contributed by atoms with Crippen LogP contribution in [0.15, 0.2) is 16.9 Å². The highest BCUT2D eigenvalue weighted by Crippen LogP contribution is 2.40. The Bertz CT molecular complexity index is 261. The van der Waals surface area contributed by atoms with Crippen molar-refractivity contribution in [3.05, 3.63) is 18.0 Å². The minimum Gasteiger partial charge on any atom is -0.365 e. The van der Waals surface area contributed by atoms with Crippen molar-refractivity contribution in [1.82, 2.24) is 5.16 Å². The van der Waals surface area contributed by atoms with Crippen LogP contribution in [0.25, 0.3) is 0 Å². The largest absolute Gasteiger partial charge is 0.365 e. The summed E-state index contributed by atoms with van der Waals surface area (Å²) in [4.78, 5) is 0. The maximum atomic E-state index is 12.8. The lowest BCUT2D eigenvalue weighted by molar-refractivity contribution is -0.0386. The summed E-state index contributed by atoms with van der Waals surface area (Å²) in [5.74, 6) is -2.29. The van der Waals surface area contributed by atoms with Crippen molar-refractivity contribution in [3.63, 3.8) is 0 Å². The minimum absolute atomic E-state index is 0.0233. The highest BCUT2D eigenvalue weighted by atomic mass is 19.3. The fourth-order valence-corrected chi connectivity index (χ4v) is 1.77. The van der Waals surface area contributed by atoms with Gasteiger partial charge in [-0.05, 0) is 12.8 Å². The van der Waals surface area contributed by atoms with Gasteiger partial charge in [-0.2, -0.15) is 0 Å². The van der Waals surface area contributed by atoms with Crippen LogP contribution in [0.1, 0.15) is 37.3 Å². The zero-order valence-corrected chi connectivity index (χ0v) is 7.17. The topological polar surface area (TPSA) is 26.0 Å². The monoisotopic (exact) mass is 187 g/mol. The summed E-state index contributed by atoms with van der Waals surface area (Å²) in [5.41, 5.74) is 0.815. The van der Waals surface area contributed by atoms with Gasteiger partial charge in [0.2, 0.25) is 5.92 Å². The summed E-state index contributed by atoms with van der Waals surface area (Å²) in [7, 11) is 0. The predicted octanol–water partition coefficient (Wildman–Crippen LogP) is 2.97. The molecule has 4 heteroatoms. The first-order valence-corrected chi connectivity index (χ1v) is 4.45. The molecule has 13 heavy (non-hydrogen) atoms. The second-order valence-corrected chi connectivity index (χ2v) is 3.55. The molecule has 2 nitrogen and oxygen atoms in total. The van der Waals surface area contributed by atoms with Gasteiger partial charge in [-0.25, -0.2) is 8.78 Å². The number of hydrogen-bond donors (Lipinski definition) is 0. The Morgan fingerprint density at radius 3 is 2.62 bits per heavy atom. The van der Waals surface area contributed by atoms with Crippen molar-refractivity contribution in [2.24, 2.45) is 0 Å². The molecule has 72 valence electrons. The molecule has 0 spiro atoms. The van der Waals surface area contributed by atoms with E-state index in [-0.39, 0.29) is 18.8 Å². The Hall–Kier alpha value is -0.930. The molecule has 0 atom stereocenters. The van der Waals surface area contributed by atoms with Crippen molar-refractivity contribution in [2.75, 3.05) is 0 Å². The normalized spacial score (nSPS) is 23.2. The zero-order valence-electron chi connectivity index (χ0n) is 7.17. The van der Waals surface area contributed by atoms with Crippen LogP contribution in [-0.2, 0) is 0 Å². The van der Waals surface area contributed by atoms with Crippen molar-refractivity contribution in [2.45, 2.75) is 37.5 Å². The van der Waals surface area contributed by atoms with Crippen molar-refractivity contribution < 1.29 is 13.3 Å². The molecule has 0 N–H and O–H groups in total. The average molecular weight is 187 g/mol. The lowest BCUT2D eigenvalue weighted by Crippen LogP contribution is -2.23. The van der Waals surface area contributed by atoms with Gasteiger partial charge in [0.15, 0.2) is 0 Å². The van der Waals surface area contributed by atoms with E-state index in [1.54, 1.807) is 6.07 Å².